The summed E-state index contributed by atoms with van der Waals surface area (Å²) in [4.78, 5) is 17.4. The van der Waals surface area contributed by atoms with Crippen LogP contribution in [0.1, 0.15) is 17.5 Å². The van der Waals surface area contributed by atoms with Crippen LogP contribution in [0.15, 0.2) is 53.7 Å². The van der Waals surface area contributed by atoms with E-state index in [2.05, 4.69) is 10.5 Å². The lowest BCUT2D eigenvalue weighted by atomic mass is 10.0. The molecule has 0 saturated heterocycles. The number of nitrogens with one attached hydrogen (secondary N) is 1. The van der Waals surface area contributed by atoms with Gasteiger partial charge < -0.3 is 14.9 Å². The molecule has 2 aromatic rings. The van der Waals surface area contributed by atoms with Crippen molar-refractivity contribution in [3.8, 4) is 5.75 Å². The maximum Gasteiger partial charge on any atom is 0.264 e. The van der Waals surface area contributed by atoms with E-state index in [1.807, 2.05) is 24.3 Å². The van der Waals surface area contributed by atoms with Gasteiger partial charge in [-0.15, -0.1) is 0 Å². The van der Waals surface area contributed by atoms with E-state index in [0.717, 1.165) is 5.56 Å². The van der Waals surface area contributed by atoms with E-state index in [9.17, 15) is 9.18 Å². The van der Waals surface area contributed by atoms with Gasteiger partial charge in [0.25, 0.3) is 5.91 Å². The van der Waals surface area contributed by atoms with Gasteiger partial charge in [0.05, 0.1) is 12.8 Å². The summed E-state index contributed by atoms with van der Waals surface area (Å²) >= 11 is 0. The van der Waals surface area contributed by atoms with Crippen LogP contribution >= 0.6 is 0 Å². The predicted octanol–water partition coefficient (Wildman–Crippen LogP) is 2.64. The first kappa shape index (κ1) is 16.0. The van der Waals surface area contributed by atoms with Gasteiger partial charge in [0, 0.05) is 24.1 Å². The molecule has 2 aromatic carbocycles. The highest BCUT2D eigenvalue weighted by Gasteiger charge is 2.28. The average molecular weight is 328 g/mol. The lowest BCUT2D eigenvalue weighted by Crippen LogP contribution is -2.34. The average Bonchev–Trinajstić information content (AvgIpc) is 3.10. The fourth-order valence-corrected chi connectivity index (χ4v) is 2.50. The summed E-state index contributed by atoms with van der Waals surface area (Å²) in [5.41, 5.74) is 2.06. The maximum absolute atomic E-state index is 13.3. The van der Waals surface area contributed by atoms with Crippen LogP contribution in [0.3, 0.4) is 0 Å². The Balaban J connectivity index is 1.58. The SMILES string of the molecule is COc1ccccc1CNC(=O)[C@H]1CC(c2cccc(F)c2)=NO1. The molecule has 24 heavy (non-hydrogen) atoms. The Bertz CT molecular complexity index is 776. The summed E-state index contributed by atoms with van der Waals surface area (Å²) in [7, 11) is 1.58. The molecule has 0 saturated carbocycles. The van der Waals surface area contributed by atoms with E-state index in [1.165, 1.54) is 12.1 Å². The molecule has 0 unspecified atom stereocenters. The molecule has 0 aliphatic carbocycles. The largest absolute Gasteiger partial charge is 0.496 e. The van der Waals surface area contributed by atoms with Crippen LogP contribution in [0.4, 0.5) is 4.39 Å². The van der Waals surface area contributed by atoms with E-state index in [1.54, 1.807) is 19.2 Å². The first-order valence-corrected chi connectivity index (χ1v) is 7.55. The number of benzene rings is 2. The number of hydrogen-bond donors (Lipinski definition) is 1. The molecule has 5 nitrogen and oxygen atoms in total. The Labute approximate surface area is 139 Å². The molecule has 0 spiro atoms. The molecule has 1 aliphatic rings. The van der Waals surface area contributed by atoms with Crippen molar-refractivity contribution >= 4 is 11.6 Å². The number of nitrogens with zero attached hydrogens (tertiary/aromatic N) is 1. The Morgan fingerprint density at radius 3 is 2.96 bits per heavy atom. The van der Waals surface area contributed by atoms with Gasteiger partial charge in [-0.2, -0.15) is 0 Å². The lowest BCUT2D eigenvalue weighted by Gasteiger charge is -2.11. The minimum atomic E-state index is -0.710. The molecule has 0 aromatic heterocycles. The normalized spacial score (nSPS) is 16.2. The van der Waals surface area contributed by atoms with E-state index in [-0.39, 0.29) is 11.7 Å². The van der Waals surface area contributed by atoms with Crippen molar-refractivity contribution in [2.75, 3.05) is 7.11 Å². The van der Waals surface area contributed by atoms with Crippen molar-refractivity contribution < 1.29 is 18.8 Å². The molecule has 124 valence electrons. The predicted molar refractivity (Wildman–Crippen MR) is 87.3 cm³/mol. The minimum Gasteiger partial charge on any atom is -0.496 e. The standard InChI is InChI=1S/C18H17FN2O3/c1-23-16-8-3-2-5-13(16)11-20-18(22)17-10-15(21-24-17)12-6-4-7-14(19)9-12/h2-9,17H,10-11H2,1H3,(H,20,22)/t17-/m1/s1. The summed E-state index contributed by atoms with van der Waals surface area (Å²) < 4.78 is 18.5. The van der Waals surface area contributed by atoms with Gasteiger partial charge in [-0.1, -0.05) is 35.5 Å². The number of oxime groups is 1. The monoisotopic (exact) mass is 328 g/mol. The highest BCUT2D eigenvalue weighted by atomic mass is 19.1. The molecule has 1 heterocycles. The first-order valence-electron chi connectivity index (χ1n) is 7.55. The van der Waals surface area contributed by atoms with Crippen molar-refractivity contribution in [3.63, 3.8) is 0 Å². The number of ether oxygens (including phenoxy) is 1. The number of carbonyl (C=O) groups is 1. The summed E-state index contributed by atoms with van der Waals surface area (Å²) in [5, 5.41) is 6.71. The molecular formula is C18H17FN2O3. The van der Waals surface area contributed by atoms with Crippen LogP contribution in [-0.4, -0.2) is 24.8 Å². The van der Waals surface area contributed by atoms with E-state index in [4.69, 9.17) is 9.57 Å². The molecule has 1 N–H and O–H groups in total. The molecule has 1 atom stereocenters. The van der Waals surface area contributed by atoms with Gasteiger partial charge in [-0.3, -0.25) is 4.79 Å². The number of carbonyl (C=O) groups excluding carboxylic acids is 1. The number of para-hydroxylation sites is 1. The highest BCUT2D eigenvalue weighted by molar-refractivity contribution is 6.04. The quantitative estimate of drug-likeness (QED) is 0.918. The zero-order chi connectivity index (χ0) is 16.9. The smallest absolute Gasteiger partial charge is 0.264 e. The molecular weight excluding hydrogens is 311 g/mol. The highest BCUT2D eigenvalue weighted by Crippen LogP contribution is 2.19. The Kier molecular flexibility index (Phi) is 4.74. The zero-order valence-corrected chi connectivity index (χ0v) is 13.2. The maximum atomic E-state index is 13.3. The van der Waals surface area contributed by atoms with Crippen LogP contribution < -0.4 is 10.1 Å². The second kappa shape index (κ2) is 7.12. The molecule has 3 rings (SSSR count). The van der Waals surface area contributed by atoms with Crippen molar-refractivity contribution in [2.45, 2.75) is 19.1 Å². The zero-order valence-electron chi connectivity index (χ0n) is 13.2. The van der Waals surface area contributed by atoms with Gasteiger partial charge in [-0.25, -0.2) is 4.39 Å². The fraction of sp³-hybridized carbons (Fsp3) is 0.222. The van der Waals surface area contributed by atoms with Gasteiger partial charge in [0.1, 0.15) is 11.6 Å². The third kappa shape index (κ3) is 3.53. The molecule has 1 amide bonds. The molecule has 6 heteroatoms. The minimum absolute atomic E-state index is 0.268. The third-order valence-corrected chi connectivity index (χ3v) is 3.76. The number of rotatable bonds is 5. The van der Waals surface area contributed by atoms with Gasteiger partial charge in [0.2, 0.25) is 6.10 Å². The van der Waals surface area contributed by atoms with Crippen molar-refractivity contribution in [1.29, 1.82) is 0 Å². The van der Waals surface area contributed by atoms with E-state index in [0.29, 0.717) is 30.0 Å². The lowest BCUT2D eigenvalue weighted by molar-refractivity contribution is -0.131. The van der Waals surface area contributed by atoms with Crippen LogP contribution in [0.5, 0.6) is 5.75 Å². The molecule has 0 bridgehead atoms. The number of methoxy groups -OCH3 is 1. The summed E-state index contributed by atoms with van der Waals surface area (Å²) in [5.74, 6) is 0.0946. The second-order valence-electron chi connectivity index (χ2n) is 5.38. The van der Waals surface area contributed by atoms with Gasteiger partial charge in [0.15, 0.2) is 0 Å². The Hall–Kier alpha value is -2.89. The Morgan fingerprint density at radius 2 is 2.17 bits per heavy atom. The van der Waals surface area contributed by atoms with Crippen LogP contribution in [0.25, 0.3) is 0 Å². The second-order valence-corrected chi connectivity index (χ2v) is 5.38. The fourth-order valence-electron chi connectivity index (χ4n) is 2.50. The summed E-state index contributed by atoms with van der Waals surface area (Å²) in [6, 6.07) is 13.5. The first-order chi connectivity index (χ1) is 11.7. The van der Waals surface area contributed by atoms with Crippen molar-refractivity contribution in [2.24, 2.45) is 5.16 Å². The van der Waals surface area contributed by atoms with Crippen LogP contribution in [0.2, 0.25) is 0 Å². The van der Waals surface area contributed by atoms with Crippen LogP contribution in [0, 0.1) is 5.82 Å². The van der Waals surface area contributed by atoms with E-state index >= 15 is 0 Å². The number of halogens is 1. The molecule has 0 fully saturated rings. The summed E-state index contributed by atoms with van der Waals surface area (Å²) in [6.45, 7) is 0.331. The van der Waals surface area contributed by atoms with Crippen LogP contribution in [-0.2, 0) is 16.2 Å². The topological polar surface area (TPSA) is 59.9 Å². The van der Waals surface area contributed by atoms with Crippen molar-refractivity contribution in [3.05, 3.63) is 65.5 Å². The molecule has 0 radical (unpaired) electrons. The van der Waals surface area contributed by atoms with Crippen molar-refractivity contribution in [1.82, 2.24) is 5.32 Å². The van der Waals surface area contributed by atoms with E-state index < -0.39 is 6.10 Å². The molecule has 1 aliphatic heterocycles. The third-order valence-electron chi connectivity index (χ3n) is 3.76. The summed E-state index contributed by atoms with van der Waals surface area (Å²) in [6.07, 6.45) is -0.403. The number of amides is 1. The Morgan fingerprint density at radius 1 is 1.33 bits per heavy atom. The van der Waals surface area contributed by atoms with Gasteiger partial charge in [-0.05, 0) is 18.2 Å². The van der Waals surface area contributed by atoms with Gasteiger partial charge >= 0.3 is 0 Å². The number of hydrogen-bond acceptors (Lipinski definition) is 4.